The molecular weight excluding hydrogens is 232 g/mol. The number of aryl methyl sites for hydroxylation is 3. The molecule has 2 aromatic rings. The Kier molecular flexibility index (Phi) is 3.50. The van der Waals surface area contributed by atoms with E-state index in [2.05, 4.69) is 20.6 Å². The minimum Gasteiger partial charge on any atom is -0.394 e. The highest BCUT2D eigenvalue weighted by Crippen LogP contribution is 2.21. The van der Waals surface area contributed by atoms with E-state index in [1.54, 1.807) is 11.6 Å². The highest BCUT2D eigenvalue weighted by molar-refractivity contribution is 5.64. The van der Waals surface area contributed by atoms with Gasteiger partial charge in [-0.3, -0.25) is 4.68 Å². The number of hydrogen-bond acceptors (Lipinski definition) is 6. The van der Waals surface area contributed by atoms with E-state index in [1.807, 2.05) is 14.0 Å². The second kappa shape index (κ2) is 5.07. The second-order valence-electron chi connectivity index (χ2n) is 4.09. The summed E-state index contributed by atoms with van der Waals surface area (Å²) in [7, 11) is 1.87. The van der Waals surface area contributed by atoms with Gasteiger partial charge >= 0.3 is 0 Å². The van der Waals surface area contributed by atoms with Gasteiger partial charge in [-0.05, 0) is 6.42 Å². The van der Waals surface area contributed by atoms with Crippen molar-refractivity contribution in [3.8, 4) is 0 Å². The summed E-state index contributed by atoms with van der Waals surface area (Å²) in [4.78, 5) is 4.14. The summed E-state index contributed by atoms with van der Waals surface area (Å²) in [5.74, 6) is 2.11. The molecule has 0 aliphatic carbocycles. The zero-order chi connectivity index (χ0) is 13.1. The largest absolute Gasteiger partial charge is 0.394 e. The molecule has 2 aromatic heterocycles. The number of nitrogens with two attached hydrogens (primary N) is 1. The maximum Gasteiger partial charge on any atom is 0.223 e. The summed E-state index contributed by atoms with van der Waals surface area (Å²) in [5.41, 5.74) is 7.63. The summed E-state index contributed by atoms with van der Waals surface area (Å²) >= 11 is 0. The van der Waals surface area contributed by atoms with E-state index < -0.39 is 0 Å². The van der Waals surface area contributed by atoms with Crippen molar-refractivity contribution in [3.63, 3.8) is 0 Å². The molecule has 0 saturated heterocycles. The average Bonchev–Trinajstić information content (AvgIpc) is 2.86. The zero-order valence-corrected chi connectivity index (χ0v) is 10.9. The predicted molar refractivity (Wildman–Crippen MR) is 68.2 cm³/mol. The topological polar surface area (TPSA) is 94.8 Å². The first-order chi connectivity index (χ1) is 8.61. The Morgan fingerprint density at radius 2 is 2.22 bits per heavy atom. The fourth-order valence-electron chi connectivity index (χ4n) is 1.80. The van der Waals surface area contributed by atoms with Crippen molar-refractivity contribution in [1.29, 1.82) is 0 Å². The molecule has 0 aliphatic rings. The molecule has 3 N–H and O–H groups in total. The van der Waals surface area contributed by atoms with E-state index in [4.69, 9.17) is 10.3 Å². The average molecular weight is 250 g/mol. The van der Waals surface area contributed by atoms with Crippen molar-refractivity contribution >= 4 is 11.5 Å². The first kappa shape index (κ1) is 12.4. The van der Waals surface area contributed by atoms with Gasteiger partial charge in [-0.15, -0.1) is 0 Å². The normalized spacial score (nSPS) is 10.8. The number of anilines is 2. The first-order valence-corrected chi connectivity index (χ1v) is 5.96. The molecule has 7 nitrogen and oxygen atoms in total. The van der Waals surface area contributed by atoms with Crippen molar-refractivity contribution in [2.24, 2.45) is 7.05 Å². The molecule has 0 unspecified atom stereocenters. The minimum absolute atomic E-state index is 0.582. The molecule has 0 spiro atoms. The van der Waals surface area contributed by atoms with Crippen LogP contribution in [-0.2, 0) is 19.9 Å². The lowest BCUT2D eigenvalue weighted by Gasteiger charge is -2.05. The number of hydrogen-bond donors (Lipinski definition) is 2. The standard InChI is InChI=1S/C11H18N6O/c1-4-8-10(12)11(17(3)15-8)13-6-5-9-14-7(2)18-16-9/h13H,4-6,12H2,1-3H3. The Morgan fingerprint density at radius 1 is 1.44 bits per heavy atom. The van der Waals surface area contributed by atoms with Crippen LogP contribution in [0, 0.1) is 6.92 Å². The van der Waals surface area contributed by atoms with Gasteiger partial charge in [0.2, 0.25) is 5.89 Å². The van der Waals surface area contributed by atoms with Gasteiger partial charge in [0.1, 0.15) is 5.82 Å². The molecule has 0 fully saturated rings. The smallest absolute Gasteiger partial charge is 0.223 e. The van der Waals surface area contributed by atoms with Gasteiger partial charge in [-0.1, -0.05) is 12.1 Å². The Labute approximate surface area is 105 Å². The fraction of sp³-hybridized carbons (Fsp3) is 0.545. The molecular formula is C11H18N6O. The van der Waals surface area contributed by atoms with E-state index in [1.165, 1.54) is 0 Å². The summed E-state index contributed by atoms with van der Waals surface area (Å²) in [6, 6.07) is 0. The third-order valence-corrected chi connectivity index (χ3v) is 2.71. The Hall–Kier alpha value is -2.05. The van der Waals surface area contributed by atoms with Crippen LogP contribution >= 0.6 is 0 Å². The second-order valence-corrected chi connectivity index (χ2v) is 4.09. The van der Waals surface area contributed by atoms with Crippen LogP contribution in [0.25, 0.3) is 0 Å². The third-order valence-electron chi connectivity index (χ3n) is 2.71. The lowest BCUT2D eigenvalue weighted by molar-refractivity contribution is 0.387. The third kappa shape index (κ3) is 2.44. The van der Waals surface area contributed by atoms with Crippen LogP contribution in [0.3, 0.4) is 0 Å². The van der Waals surface area contributed by atoms with Gasteiger partial charge in [0.05, 0.1) is 11.4 Å². The van der Waals surface area contributed by atoms with E-state index >= 15 is 0 Å². The molecule has 0 bridgehead atoms. The SMILES string of the molecule is CCc1nn(C)c(NCCc2noc(C)n2)c1N. The van der Waals surface area contributed by atoms with E-state index in [-0.39, 0.29) is 0 Å². The van der Waals surface area contributed by atoms with Crippen LogP contribution in [0.1, 0.15) is 24.3 Å². The van der Waals surface area contributed by atoms with Crippen LogP contribution in [0.5, 0.6) is 0 Å². The molecule has 18 heavy (non-hydrogen) atoms. The molecule has 0 aliphatic heterocycles. The molecule has 2 heterocycles. The molecule has 0 radical (unpaired) electrons. The van der Waals surface area contributed by atoms with Crippen molar-refractivity contribution in [2.75, 3.05) is 17.6 Å². The lowest BCUT2D eigenvalue weighted by Crippen LogP contribution is -2.10. The molecule has 0 saturated carbocycles. The molecule has 0 aromatic carbocycles. The van der Waals surface area contributed by atoms with Gasteiger partial charge in [0, 0.05) is 26.9 Å². The number of nitrogens with zero attached hydrogens (tertiary/aromatic N) is 4. The predicted octanol–water partition coefficient (Wildman–Crippen LogP) is 0.911. The van der Waals surface area contributed by atoms with Crippen LogP contribution in [0.15, 0.2) is 4.52 Å². The number of rotatable bonds is 5. The van der Waals surface area contributed by atoms with Gasteiger partial charge in [0.15, 0.2) is 5.82 Å². The van der Waals surface area contributed by atoms with Crippen molar-refractivity contribution in [3.05, 3.63) is 17.4 Å². The highest BCUT2D eigenvalue weighted by atomic mass is 16.5. The van der Waals surface area contributed by atoms with Gasteiger partial charge in [-0.2, -0.15) is 10.1 Å². The maximum atomic E-state index is 6.00. The quantitative estimate of drug-likeness (QED) is 0.819. The minimum atomic E-state index is 0.582. The number of nitrogens with one attached hydrogen (secondary N) is 1. The van der Waals surface area contributed by atoms with E-state index in [0.717, 1.165) is 17.9 Å². The van der Waals surface area contributed by atoms with Gasteiger partial charge in [-0.25, -0.2) is 0 Å². The summed E-state index contributed by atoms with van der Waals surface area (Å²) in [6.07, 6.45) is 1.51. The maximum absolute atomic E-state index is 6.00. The Bertz CT molecular complexity index is 530. The van der Waals surface area contributed by atoms with E-state index in [9.17, 15) is 0 Å². The number of aromatic nitrogens is 4. The molecule has 0 amide bonds. The Morgan fingerprint density at radius 3 is 2.78 bits per heavy atom. The van der Waals surface area contributed by atoms with Gasteiger partial charge in [0.25, 0.3) is 0 Å². The van der Waals surface area contributed by atoms with Crippen LogP contribution < -0.4 is 11.1 Å². The molecule has 2 rings (SSSR count). The zero-order valence-electron chi connectivity index (χ0n) is 10.9. The van der Waals surface area contributed by atoms with Crippen LogP contribution in [-0.4, -0.2) is 26.5 Å². The molecule has 7 heteroatoms. The fourth-order valence-corrected chi connectivity index (χ4v) is 1.80. The summed E-state index contributed by atoms with van der Waals surface area (Å²) < 4.78 is 6.66. The Balaban J connectivity index is 1.96. The highest BCUT2D eigenvalue weighted by Gasteiger charge is 2.11. The summed E-state index contributed by atoms with van der Waals surface area (Å²) in [6.45, 7) is 4.49. The van der Waals surface area contributed by atoms with Gasteiger partial charge < -0.3 is 15.6 Å². The molecule has 98 valence electrons. The lowest BCUT2D eigenvalue weighted by atomic mass is 10.3. The summed E-state index contributed by atoms with van der Waals surface area (Å²) in [5, 5.41) is 11.4. The van der Waals surface area contributed by atoms with Crippen LogP contribution in [0.2, 0.25) is 0 Å². The van der Waals surface area contributed by atoms with Crippen LogP contribution in [0.4, 0.5) is 11.5 Å². The van der Waals surface area contributed by atoms with E-state index in [0.29, 0.717) is 30.4 Å². The first-order valence-electron chi connectivity index (χ1n) is 5.96. The number of nitrogen functional groups attached to an aromatic ring is 1. The molecule has 0 atom stereocenters. The van der Waals surface area contributed by atoms with Crippen molar-refractivity contribution < 1.29 is 4.52 Å². The monoisotopic (exact) mass is 250 g/mol. The van der Waals surface area contributed by atoms with Crippen molar-refractivity contribution in [1.82, 2.24) is 19.9 Å². The van der Waals surface area contributed by atoms with Crippen molar-refractivity contribution in [2.45, 2.75) is 26.7 Å².